The van der Waals surface area contributed by atoms with E-state index in [1.165, 1.54) is 0 Å². The number of methoxy groups -OCH3 is 1. The third kappa shape index (κ3) is 4.86. The van der Waals surface area contributed by atoms with Crippen LogP contribution in [0.25, 0.3) is 0 Å². The molecule has 0 bridgehead atoms. The minimum absolute atomic E-state index is 0.0843. The van der Waals surface area contributed by atoms with Crippen molar-refractivity contribution in [2.75, 3.05) is 38.7 Å². The molecule has 3 rings (SSSR count). The lowest BCUT2D eigenvalue weighted by atomic mass is 10.1. The van der Waals surface area contributed by atoms with Gasteiger partial charge in [-0.3, -0.25) is 9.59 Å². The van der Waals surface area contributed by atoms with Crippen molar-refractivity contribution in [3.8, 4) is 5.75 Å². The topological polar surface area (TPSA) is 67.9 Å². The largest absolute Gasteiger partial charge is 0.496 e. The zero-order valence-corrected chi connectivity index (χ0v) is 15.4. The van der Waals surface area contributed by atoms with Gasteiger partial charge in [0.2, 0.25) is 5.91 Å². The van der Waals surface area contributed by atoms with Crippen molar-refractivity contribution in [2.45, 2.75) is 12.8 Å². The highest BCUT2D eigenvalue weighted by atomic mass is 16.5. The molecule has 1 heterocycles. The number of aryl methyl sites for hydroxylation is 1. The SMILES string of the molecule is COc1ccccc1CCC(=O)Nc1ccccc1C(=O)N1CCOCC1. The number of carbonyl (C=O) groups excluding carboxylic acids is 2. The first-order valence-corrected chi connectivity index (χ1v) is 9.07. The summed E-state index contributed by atoms with van der Waals surface area (Å²) in [4.78, 5) is 27.0. The molecule has 2 amide bonds. The van der Waals surface area contributed by atoms with Gasteiger partial charge in [0.05, 0.1) is 31.6 Å². The minimum atomic E-state index is -0.136. The summed E-state index contributed by atoms with van der Waals surface area (Å²) >= 11 is 0. The molecule has 2 aromatic rings. The Balaban J connectivity index is 1.65. The van der Waals surface area contributed by atoms with Crippen molar-refractivity contribution >= 4 is 17.5 Å². The van der Waals surface area contributed by atoms with E-state index >= 15 is 0 Å². The Morgan fingerprint density at radius 3 is 2.56 bits per heavy atom. The molecule has 0 aromatic heterocycles. The van der Waals surface area contributed by atoms with E-state index in [4.69, 9.17) is 9.47 Å². The summed E-state index contributed by atoms with van der Waals surface area (Å²) in [5, 5.41) is 2.88. The van der Waals surface area contributed by atoms with Gasteiger partial charge in [0, 0.05) is 19.5 Å². The molecule has 6 heteroatoms. The molecule has 1 aliphatic rings. The summed E-state index contributed by atoms with van der Waals surface area (Å²) in [7, 11) is 1.62. The Morgan fingerprint density at radius 1 is 1.07 bits per heavy atom. The van der Waals surface area contributed by atoms with Gasteiger partial charge >= 0.3 is 0 Å². The number of nitrogens with zero attached hydrogens (tertiary/aromatic N) is 1. The van der Waals surface area contributed by atoms with Gasteiger partial charge in [0.1, 0.15) is 5.75 Å². The van der Waals surface area contributed by atoms with Crippen LogP contribution >= 0.6 is 0 Å². The molecule has 1 aliphatic heterocycles. The predicted octanol–water partition coefficient (Wildman–Crippen LogP) is 2.74. The summed E-state index contributed by atoms with van der Waals surface area (Å²) in [6.07, 6.45) is 0.871. The first kappa shape index (κ1) is 18.9. The fourth-order valence-electron chi connectivity index (χ4n) is 3.09. The van der Waals surface area contributed by atoms with E-state index in [-0.39, 0.29) is 11.8 Å². The second-order valence-corrected chi connectivity index (χ2v) is 6.31. The maximum atomic E-state index is 12.8. The smallest absolute Gasteiger partial charge is 0.256 e. The molecule has 0 atom stereocenters. The van der Waals surface area contributed by atoms with Crippen LogP contribution in [0.3, 0.4) is 0 Å². The van der Waals surface area contributed by atoms with Crippen molar-refractivity contribution in [1.82, 2.24) is 4.90 Å². The van der Waals surface area contributed by atoms with Crippen molar-refractivity contribution in [1.29, 1.82) is 0 Å². The van der Waals surface area contributed by atoms with Gasteiger partial charge in [-0.25, -0.2) is 0 Å². The molecule has 0 spiro atoms. The summed E-state index contributed by atoms with van der Waals surface area (Å²) in [5.41, 5.74) is 2.02. The lowest BCUT2D eigenvalue weighted by Crippen LogP contribution is -2.41. The Kier molecular flexibility index (Phi) is 6.44. The molecule has 0 aliphatic carbocycles. The molecule has 6 nitrogen and oxygen atoms in total. The highest BCUT2D eigenvalue weighted by Gasteiger charge is 2.21. The van der Waals surface area contributed by atoms with E-state index in [1.54, 1.807) is 30.2 Å². The molecular formula is C21H24N2O4. The Hall–Kier alpha value is -2.86. The number of ether oxygens (including phenoxy) is 2. The van der Waals surface area contributed by atoms with E-state index in [0.29, 0.717) is 50.4 Å². The van der Waals surface area contributed by atoms with Crippen LogP contribution in [0.2, 0.25) is 0 Å². The number of nitrogens with one attached hydrogen (secondary N) is 1. The molecule has 0 unspecified atom stereocenters. The summed E-state index contributed by atoms with van der Waals surface area (Å²) in [6, 6.07) is 14.8. The van der Waals surface area contributed by atoms with Crippen molar-refractivity contribution in [3.05, 3.63) is 59.7 Å². The van der Waals surface area contributed by atoms with E-state index < -0.39 is 0 Å². The van der Waals surface area contributed by atoms with E-state index in [9.17, 15) is 9.59 Å². The Bertz CT molecular complexity index is 800. The normalized spacial score (nSPS) is 13.9. The van der Waals surface area contributed by atoms with Gasteiger partial charge in [-0.05, 0) is 30.2 Å². The lowest BCUT2D eigenvalue weighted by molar-refractivity contribution is -0.116. The average Bonchev–Trinajstić information content (AvgIpc) is 2.73. The van der Waals surface area contributed by atoms with Crippen LogP contribution in [0, 0.1) is 0 Å². The number of rotatable bonds is 6. The fourth-order valence-corrected chi connectivity index (χ4v) is 3.09. The third-order valence-electron chi connectivity index (χ3n) is 4.54. The molecule has 0 saturated carbocycles. The van der Waals surface area contributed by atoms with Crippen LogP contribution in [0.15, 0.2) is 48.5 Å². The second-order valence-electron chi connectivity index (χ2n) is 6.31. The average molecular weight is 368 g/mol. The monoisotopic (exact) mass is 368 g/mol. The van der Waals surface area contributed by atoms with Gasteiger partial charge in [-0.15, -0.1) is 0 Å². The summed E-state index contributed by atoms with van der Waals surface area (Å²) in [5.74, 6) is 0.551. The zero-order chi connectivity index (χ0) is 19.1. The molecule has 27 heavy (non-hydrogen) atoms. The Labute approximate surface area is 159 Å². The van der Waals surface area contributed by atoms with Crippen LogP contribution in [0.5, 0.6) is 5.75 Å². The second kappa shape index (κ2) is 9.19. The highest BCUT2D eigenvalue weighted by Crippen LogP contribution is 2.21. The quantitative estimate of drug-likeness (QED) is 0.851. The van der Waals surface area contributed by atoms with E-state index in [0.717, 1.165) is 11.3 Å². The first-order chi connectivity index (χ1) is 13.2. The summed E-state index contributed by atoms with van der Waals surface area (Å²) < 4.78 is 10.6. The highest BCUT2D eigenvalue weighted by molar-refractivity contribution is 6.03. The van der Waals surface area contributed by atoms with Crippen molar-refractivity contribution < 1.29 is 19.1 Å². The molecule has 142 valence electrons. The Morgan fingerprint density at radius 2 is 1.78 bits per heavy atom. The number of anilines is 1. The number of amides is 2. The maximum Gasteiger partial charge on any atom is 0.256 e. The van der Waals surface area contributed by atoms with Gasteiger partial charge in [0.25, 0.3) is 5.91 Å². The standard InChI is InChI=1S/C21H24N2O4/c1-26-19-9-5-2-6-16(19)10-11-20(24)22-18-8-4-3-7-17(18)21(25)23-12-14-27-15-13-23/h2-9H,10-15H2,1H3,(H,22,24). The molecule has 1 N–H and O–H groups in total. The van der Waals surface area contributed by atoms with Gasteiger partial charge < -0.3 is 19.7 Å². The van der Waals surface area contributed by atoms with Crippen LogP contribution in [0.1, 0.15) is 22.3 Å². The van der Waals surface area contributed by atoms with E-state index in [1.807, 2.05) is 30.3 Å². The first-order valence-electron chi connectivity index (χ1n) is 9.07. The number of hydrogen-bond donors (Lipinski definition) is 1. The molecule has 0 radical (unpaired) electrons. The third-order valence-corrected chi connectivity index (χ3v) is 4.54. The number of carbonyl (C=O) groups is 2. The van der Waals surface area contributed by atoms with Crippen LogP contribution in [-0.4, -0.2) is 50.1 Å². The van der Waals surface area contributed by atoms with E-state index in [2.05, 4.69) is 5.32 Å². The summed E-state index contributed by atoms with van der Waals surface area (Å²) in [6.45, 7) is 2.21. The predicted molar refractivity (Wildman–Crippen MR) is 103 cm³/mol. The molecule has 1 fully saturated rings. The van der Waals surface area contributed by atoms with Crippen molar-refractivity contribution in [2.24, 2.45) is 0 Å². The molecule has 1 saturated heterocycles. The number of para-hydroxylation sites is 2. The van der Waals surface area contributed by atoms with Gasteiger partial charge in [-0.1, -0.05) is 30.3 Å². The molecular weight excluding hydrogens is 344 g/mol. The van der Waals surface area contributed by atoms with Crippen LogP contribution < -0.4 is 10.1 Å². The minimum Gasteiger partial charge on any atom is -0.496 e. The fraction of sp³-hybridized carbons (Fsp3) is 0.333. The number of hydrogen-bond acceptors (Lipinski definition) is 4. The van der Waals surface area contributed by atoms with Gasteiger partial charge in [0.15, 0.2) is 0 Å². The van der Waals surface area contributed by atoms with Gasteiger partial charge in [-0.2, -0.15) is 0 Å². The molecule has 2 aromatic carbocycles. The van der Waals surface area contributed by atoms with Crippen molar-refractivity contribution in [3.63, 3.8) is 0 Å². The number of morpholine rings is 1. The number of benzene rings is 2. The maximum absolute atomic E-state index is 12.8. The zero-order valence-electron chi connectivity index (χ0n) is 15.4. The lowest BCUT2D eigenvalue weighted by Gasteiger charge is -2.27. The van der Waals surface area contributed by atoms with Crippen LogP contribution in [0.4, 0.5) is 5.69 Å². The van der Waals surface area contributed by atoms with Crippen LogP contribution in [-0.2, 0) is 16.0 Å².